The van der Waals surface area contributed by atoms with Crippen LogP contribution in [0.2, 0.25) is 0 Å². The molecule has 0 radical (unpaired) electrons. The molecule has 3 rings (SSSR count). The zero-order chi connectivity index (χ0) is 26.6. The fraction of sp³-hybridized carbons (Fsp3) is 0.231. The number of hydrogen-bond donors (Lipinski definition) is 5. The van der Waals surface area contributed by atoms with Gasteiger partial charge in [-0.05, 0) is 60.4 Å². The minimum Gasteiger partial charge on any atom is -0.481 e. The number of amides is 4. The first-order valence-electron chi connectivity index (χ1n) is 11.7. The van der Waals surface area contributed by atoms with Gasteiger partial charge in [0, 0.05) is 54.2 Å². The molecule has 0 unspecified atom stereocenters. The number of carboxylic acid groups (broad SMARTS) is 1. The zero-order valence-electron chi connectivity index (χ0n) is 20.3. The molecule has 0 spiro atoms. The minimum absolute atomic E-state index is 0.0928. The number of nitrogens with one attached hydrogen (secondary N) is 4. The molecule has 4 amide bonds. The van der Waals surface area contributed by atoms with Crippen molar-refractivity contribution in [3.8, 4) is 0 Å². The van der Waals surface area contributed by atoms with Gasteiger partial charge in [0.1, 0.15) is 0 Å². The van der Waals surface area contributed by atoms with E-state index in [4.69, 9.17) is 5.11 Å². The number of hydrogen-bond acceptors (Lipinski definition) is 6. The molecule has 0 aliphatic heterocycles. The Balaban J connectivity index is 1.54. The smallest absolute Gasteiger partial charge is 0.319 e. The lowest BCUT2D eigenvalue weighted by molar-refractivity contribution is -0.137. The SMILES string of the molecule is CCc1nccc(NC(=O)CNC(=O)c2cccc(NC(=O)NCc3ccncc3)c2)c1CCC(=O)O. The molecule has 11 nitrogen and oxygen atoms in total. The van der Waals surface area contributed by atoms with E-state index in [2.05, 4.69) is 31.2 Å². The second kappa shape index (κ2) is 13.3. The molecule has 0 bridgehead atoms. The lowest BCUT2D eigenvalue weighted by Crippen LogP contribution is -2.33. The van der Waals surface area contributed by atoms with Crippen molar-refractivity contribution < 1.29 is 24.3 Å². The number of anilines is 2. The lowest BCUT2D eigenvalue weighted by Gasteiger charge is -2.14. The molecule has 0 aliphatic rings. The van der Waals surface area contributed by atoms with Crippen LogP contribution in [-0.2, 0) is 29.0 Å². The van der Waals surface area contributed by atoms with E-state index < -0.39 is 23.8 Å². The highest BCUT2D eigenvalue weighted by molar-refractivity contribution is 6.00. The first-order chi connectivity index (χ1) is 17.9. The maximum absolute atomic E-state index is 12.6. The van der Waals surface area contributed by atoms with Crippen LogP contribution in [0.1, 0.15) is 40.5 Å². The molecule has 0 atom stereocenters. The molecule has 5 N–H and O–H groups in total. The molecule has 1 aromatic carbocycles. The fourth-order valence-electron chi connectivity index (χ4n) is 3.52. The van der Waals surface area contributed by atoms with Crippen LogP contribution >= 0.6 is 0 Å². The van der Waals surface area contributed by atoms with Gasteiger partial charge >= 0.3 is 12.0 Å². The lowest BCUT2D eigenvalue weighted by atomic mass is 10.0. The number of carbonyl (C=O) groups is 4. The predicted octanol–water partition coefficient (Wildman–Crippen LogP) is 2.75. The quantitative estimate of drug-likeness (QED) is 0.268. The summed E-state index contributed by atoms with van der Waals surface area (Å²) in [5.41, 5.74) is 3.40. The maximum Gasteiger partial charge on any atom is 0.319 e. The highest BCUT2D eigenvalue weighted by Gasteiger charge is 2.14. The van der Waals surface area contributed by atoms with Gasteiger partial charge in [0.25, 0.3) is 5.91 Å². The molecule has 2 heterocycles. The van der Waals surface area contributed by atoms with Gasteiger partial charge in [-0.2, -0.15) is 0 Å². The average Bonchev–Trinajstić information content (AvgIpc) is 2.90. The molecule has 0 saturated heterocycles. The highest BCUT2D eigenvalue weighted by atomic mass is 16.4. The van der Waals surface area contributed by atoms with E-state index in [1.165, 1.54) is 6.07 Å². The summed E-state index contributed by atoms with van der Waals surface area (Å²) >= 11 is 0. The van der Waals surface area contributed by atoms with E-state index in [1.807, 2.05) is 6.92 Å². The Morgan fingerprint density at radius 1 is 0.946 bits per heavy atom. The second-order valence-corrected chi connectivity index (χ2v) is 8.01. The Bertz CT molecular complexity index is 1270. The number of aryl methyl sites for hydroxylation is 1. The van der Waals surface area contributed by atoms with Gasteiger partial charge in [0.15, 0.2) is 0 Å². The van der Waals surface area contributed by atoms with E-state index in [9.17, 15) is 19.2 Å². The highest BCUT2D eigenvalue weighted by Crippen LogP contribution is 2.20. The molecule has 11 heteroatoms. The molecule has 3 aromatic rings. The third-order valence-corrected chi connectivity index (χ3v) is 5.34. The van der Waals surface area contributed by atoms with Crippen molar-refractivity contribution in [3.63, 3.8) is 0 Å². The Kier molecular flexibility index (Phi) is 9.66. The first-order valence-corrected chi connectivity index (χ1v) is 11.7. The number of nitrogens with zero attached hydrogens (tertiary/aromatic N) is 2. The van der Waals surface area contributed by atoms with Crippen molar-refractivity contribution >= 4 is 35.2 Å². The van der Waals surface area contributed by atoms with Crippen molar-refractivity contribution in [2.24, 2.45) is 0 Å². The van der Waals surface area contributed by atoms with E-state index in [1.54, 1.807) is 55.0 Å². The molecule has 0 fully saturated rings. The maximum atomic E-state index is 12.6. The number of aromatic nitrogens is 2. The van der Waals surface area contributed by atoms with Crippen LogP contribution in [-0.4, -0.2) is 45.4 Å². The summed E-state index contributed by atoms with van der Waals surface area (Å²) in [6.45, 7) is 1.91. The molecule has 2 aromatic heterocycles. The Labute approximate surface area is 213 Å². The first kappa shape index (κ1) is 26.8. The fourth-order valence-corrected chi connectivity index (χ4v) is 3.52. The molecule has 0 aliphatic carbocycles. The van der Waals surface area contributed by atoms with Crippen molar-refractivity contribution in [2.45, 2.75) is 32.7 Å². The van der Waals surface area contributed by atoms with Crippen molar-refractivity contribution in [1.29, 1.82) is 0 Å². The number of aliphatic carboxylic acids is 1. The average molecular weight is 505 g/mol. The van der Waals surface area contributed by atoms with Crippen molar-refractivity contribution in [3.05, 3.63) is 83.4 Å². The van der Waals surface area contributed by atoms with Gasteiger partial charge in [-0.1, -0.05) is 13.0 Å². The normalized spacial score (nSPS) is 10.3. The predicted molar refractivity (Wildman–Crippen MR) is 137 cm³/mol. The van der Waals surface area contributed by atoms with Gasteiger partial charge in [-0.25, -0.2) is 4.79 Å². The molecule has 192 valence electrons. The van der Waals surface area contributed by atoms with E-state index in [-0.39, 0.29) is 24.9 Å². The number of rotatable bonds is 11. The zero-order valence-corrected chi connectivity index (χ0v) is 20.3. The Morgan fingerprint density at radius 2 is 1.73 bits per heavy atom. The van der Waals surface area contributed by atoms with Crippen LogP contribution in [0.4, 0.5) is 16.2 Å². The number of carboxylic acids is 1. The van der Waals surface area contributed by atoms with Gasteiger partial charge in [-0.3, -0.25) is 24.4 Å². The van der Waals surface area contributed by atoms with Gasteiger partial charge in [0.05, 0.1) is 6.54 Å². The third-order valence-electron chi connectivity index (χ3n) is 5.34. The standard InChI is InChI=1S/C26H28N6O5/c1-2-21-20(6-7-24(34)35)22(10-13-28-21)32-23(33)16-29-25(36)18-4-3-5-19(14-18)31-26(37)30-15-17-8-11-27-12-9-17/h3-5,8-14H,2,6-7,15-16H2,1H3,(H,29,36)(H,34,35)(H,28,32,33)(H2,30,31,37). The van der Waals surface area contributed by atoms with Crippen molar-refractivity contribution in [2.75, 3.05) is 17.2 Å². The number of benzene rings is 1. The van der Waals surface area contributed by atoms with Gasteiger partial charge in [-0.15, -0.1) is 0 Å². The van der Waals surface area contributed by atoms with E-state index >= 15 is 0 Å². The summed E-state index contributed by atoms with van der Waals surface area (Å²) in [4.78, 5) is 56.5. The van der Waals surface area contributed by atoms with Crippen LogP contribution in [0.25, 0.3) is 0 Å². The van der Waals surface area contributed by atoms with Gasteiger partial charge < -0.3 is 26.4 Å². The Morgan fingerprint density at radius 3 is 2.46 bits per heavy atom. The topological polar surface area (TPSA) is 162 Å². The number of pyridine rings is 2. The molecular weight excluding hydrogens is 476 g/mol. The summed E-state index contributed by atoms with van der Waals surface area (Å²) in [7, 11) is 0. The minimum atomic E-state index is -0.946. The molecule has 0 saturated carbocycles. The van der Waals surface area contributed by atoms with Gasteiger partial charge in [0.2, 0.25) is 5.91 Å². The number of urea groups is 1. The summed E-state index contributed by atoms with van der Waals surface area (Å²) in [5, 5.41) is 19.7. The molecule has 37 heavy (non-hydrogen) atoms. The summed E-state index contributed by atoms with van der Waals surface area (Å²) in [6.07, 6.45) is 5.53. The number of carbonyl (C=O) groups excluding carboxylic acids is 3. The van der Waals surface area contributed by atoms with Crippen LogP contribution < -0.4 is 21.3 Å². The van der Waals surface area contributed by atoms with E-state index in [0.717, 1.165) is 5.56 Å². The van der Waals surface area contributed by atoms with Crippen molar-refractivity contribution in [1.82, 2.24) is 20.6 Å². The van der Waals surface area contributed by atoms with Crippen LogP contribution in [0.3, 0.4) is 0 Å². The van der Waals surface area contributed by atoms with E-state index in [0.29, 0.717) is 35.6 Å². The summed E-state index contributed by atoms with van der Waals surface area (Å²) in [5.74, 6) is -1.91. The third kappa shape index (κ3) is 8.42. The second-order valence-electron chi connectivity index (χ2n) is 8.01. The van der Waals surface area contributed by atoms with Crippen LogP contribution in [0.5, 0.6) is 0 Å². The molecular formula is C26H28N6O5. The van der Waals surface area contributed by atoms with Crippen LogP contribution in [0, 0.1) is 0 Å². The largest absolute Gasteiger partial charge is 0.481 e. The monoisotopic (exact) mass is 504 g/mol. The summed E-state index contributed by atoms with van der Waals surface area (Å²) in [6, 6.07) is 11.1. The van der Waals surface area contributed by atoms with Crippen LogP contribution in [0.15, 0.2) is 61.1 Å². The summed E-state index contributed by atoms with van der Waals surface area (Å²) < 4.78 is 0. The Hall–Kier alpha value is -4.80.